The first-order valence-electron chi connectivity index (χ1n) is 9.56. The van der Waals surface area contributed by atoms with Crippen LogP contribution in [0, 0.1) is 0 Å². The number of ether oxygens (including phenoxy) is 1. The SMILES string of the molecule is COc1cccc(CC(C)NC(=O)N2CCCN(C(=O)c3ccsc3)CC2)c1. The Morgan fingerprint density at radius 3 is 2.71 bits per heavy atom. The maximum atomic E-state index is 12.7. The number of hydrogen-bond acceptors (Lipinski definition) is 4. The first kappa shape index (κ1) is 20.2. The fourth-order valence-corrected chi connectivity index (χ4v) is 4.03. The third-order valence-corrected chi connectivity index (χ3v) is 5.57. The Hall–Kier alpha value is -2.54. The molecule has 1 aliphatic heterocycles. The minimum absolute atomic E-state index is 0.00593. The third-order valence-electron chi connectivity index (χ3n) is 4.88. The highest BCUT2D eigenvalue weighted by molar-refractivity contribution is 7.08. The number of rotatable bonds is 5. The Labute approximate surface area is 170 Å². The molecule has 0 saturated carbocycles. The molecule has 2 heterocycles. The Kier molecular flexibility index (Phi) is 6.92. The van der Waals surface area contributed by atoms with Crippen LogP contribution in [0.15, 0.2) is 41.1 Å². The summed E-state index contributed by atoms with van der Waals surface area (Å²) in [5.74, 6) is 0.869. The lowest BCUT2D eigenvalue weighted by molar-refractivity contribution is 0.0762. The molecule has 0 spiro atoms. The predicted octanol–water partition coefficient (Wildman–Crippen LogP) is 3.25. The molecule has 3 rings (SSSR count). The molecule has 1 aromatic heterocycles. The summed E-state index contributed by atoms with van der Waals surface area (Å²) in [6, 6.07) is 9.67. The van der Waals surface area contributed by atoms with E-state index in [-0.39, 0.29) is 18.0 Å². The molecule has 0 bridgehead atoms. The Morgan fingerprint density at radius 1 is 1.18 bits per heavy atom. The summed E-state index contributed by atoms with van der Waals surface area (Å²) in [6.07, 6.45) is 1.52. The van der Waals surface area contributed by atoms with Gasteiger partial charge in [0.15, 0.2) is 0 Å². The molecule has 150 valence electrons. The quantitative estimate of drug-likeness (QED) is 0.837. The van der Waals surface area contributed by atoms with Gasteiger partial charge in [-0.25, -0.2) is 4.79 Å². The summed E-state index contributed by atoms with van der Waals surface area (Å²) in [4.78, 5) is 28.8. The number of nitrogens with one attached hydrogen (secondary N) is 1. The highest BCUT2D eigenvalue weighted by Gasteiger charge is 2.23. The van der Waals surface area contributed by atoms with Crippen LogP contribution in [0.5, 0.6) is 5.75 Å². The molecule has 2 aromatic rings. The molecule has 0 aliphatic carbocycles. The van der Waals surface area contributed by atoms with Crippen molar-refractivity contribution in [1.29, 1.82) is 0 Å². The fourth-order valence-electron chi connectivity index (χ4n) is 3.40. The summed E-state index contributed by atoms with van der Waals surface area (Å²) < 4.78 is 5.26. The molecule has 28 heavy (non-hydrogen) atoms. The Balaban J connectivity index is 1.50. The number of nitrogens with zero attached hydrogens (tertiary/aromatic N) is 2. The summed E-state index contributed by atoms with van der Waals surface area (Å²) in [5, 5.41) is 6.86. The zero-order valence-electron chi connectivity index (χ0n) is 16.4. The molecule has 1 saturated heterocycles. The van der Waals surface area contributed by atoms with Crippen LogP contribution < -0.4 is 10.1 Å². The molecule has 1 unspecified atom stereocenters. The van der Waals surface area contributed by atoms with Gasteiger partial charge < -0.3 is 19.9 Å². The van der Waals surface area contributed by atoms with Crippen molar-refractivity contribution in [1.82, 2.24) is 15.1 Å². The van der Waals surface area contributed by atoms with Crippen LogP contribution in [0.2, 0.25) is 0 Å². The minimum Gasteiger partial charge on any atom is -0.497 e. The van der Waals surface area contributed by atoms with Gasteiger partial charge >= 0.3 is 6.03 Å². The second kappa shape index (κ2) is 9.59. The smallest absolute Gasteiger partial charge is 0.317 e. The van der Waals surface area contributed by atoms with Gasteiger partial charge in [0.25, 0.3) is 5.91 Å². The second-order valence-electron chi connectivity index (χ2n) is 7.05. The second-order valence-corrected chi connectivity index (χ2v) is 7.83. The maximum Gasteiger partial charge on any atom is 0.317 e. The van der Waals surface area contributed by atoms with Crippen LogP contribution in [0.3, 0.4) is 0 Å². The number of amides is 3. The molecule has 1 fully saturated rings. The Bertz CT molecular complexity index is 794. The zero-order valence-corrected chi connectivity index (χ0v) is 17.2. The molecule has 1 N–H and O–H groups in total. The maximum absolute atomic E-state index is 12.7. The average molecular weight is 402 g/mol. The minimum atomic E-state index is -0.0692. The summed E-state index contributed by atoms with van der Waals surface area (Å²) in [7, 11) is 1.65. The molecular weight excluding hydrogens is 374 g/mol. The van der Waals surface area contributed by atoms with Crippen molar-refractivity contribution in [2.45, 2.75) is 25.8 Å². The summed E-state index contributed by atoms with van der Waals surface area (Å²) in [5.41, 5.74) is 1.85. The lowest BCUT2D eigenvalue weighted by Gasteiger charge is -2.24. The van der Waals surface area contributed by atoms with Crippen LogP contribution in [0.4, 0.5) is 4.79 Å². The van der Waals surface area contributed by atoms with Crippen molar-refractivity contribution in [3.05, 3.63) is 52.2 Å². The zero-order chi connectivity index (χ0) is 19.9. The normalized spacial score (nSPS) is 15.6. The number of carbonyl (C=O) groups is 2. The van der Waals surface area contributed by atoms with Gasteiger partial charge in [0.05, 0.1) is 12.7 Å². The van der Waals surface area contributed by atoms with Gasteiger partial charge in [-0.15, -0.1) is 0 Å². The van der Waals surface area contributed by atoms with E-state index in [1.807, 2.05) is 57.8 Å². The Morgan fingerprint density at radius 2 is 1.96 bits per heavy atom. The average Bonchev–Trinajstić information content (AvgIpc) is 3.11. The molecule has 1 aliphatic rings. The van der Waals surface area contributed by atoms with Crippen molar-refractivity contribution in [3.63, 3.8) is 0 Å². The van der Waals surface area contributed by atoms with Crippen molar-refractivity contribution in [2.24, 2.45) is 0 Å². The van der Waals surface area contributed by atoms with Crippen molar-refractivity contribution < 1.29 is 14.3 Å². The molecule has 3 amide bonds. The standard InChI is InChI=1S/C21H27N3O3S/c1-16(13-17-5-3-6-19(14-17)27-2)22-21(26)24-9-4-8-23(10-11-24)20(25)18-7-12-28-15-18/h3,5-7,12,14-16H,4,8-11,13H2,1-2H3,(H,22,26). The topological polar surface area (TPSA) is 61.9 Å². The van der Waals surface area contributed by atoms with Crippen LogP contribution >= 0.6 is 11.3 Å². The number of methoxy groups -OCH3 is 1. The summed E-state index contributed by atoms with van der Waals surface area (Å²) in [6.45, 7) is 4.45. The predicted molar refractivity (Wildman–Crippen MR) is 111 cm³/mol. The van der Waals surface area contributed by atoms with Crippen molar-refractivity contribution in [2.75, 3.05) is 33.3 Å². The van der Waals surface area contributed by atoms with E-state index in [0.717, 1.165) is 29.7 Å². The lowest BCUT2D eigenvalue weighted by atomic mass is 10.1. The highest BCUT2D eigenvalue weighted by atomic mass is 32.1. The van der Waals surface area contributed by atoms with E-state index in [2.05, 4.69) is 5.32 Å². The molecule has 1 aromatic carbocycles. The van der Waals surface area contributed by atoms with Gasteiger partial charge in [-0.1, -0.05) is 12.1 Å². The number of thiophene rings is 1. The lowest BCUT2D eigenvalue weighted by Crippen LogP contribution is -2.46. The number of hydrogen-bond donors (Lipinski definition) is 1. The van der Waals surface area contributed by atoms with Gasteiger partial charge in [-0.3, -0.25) is 4.79 Å². The van der Waals surface area contributed by atoms with E-state index in [9.17, 15) is 9.59 Å². The largest absolute Gasteiger partial charge is 0.497 e. The van der Waals surface area contributed by atoms with E-state index in [1.54, 1.807) is 7.11 Å². The van der Waals surface area contributed by atoms with E-state index in [1.165, 1.54) is 11.3 Å². The third kappa shape index (κ3) is 5.25. The molecule has 7 heteroatoms. The van der Waals surface area contributed by atoms with Gasteiger partial charge in [0.1, 0.15) is 5.75 Å². The van der Waals surface area contributed by atoms with E-state index >= 15 is 0 Å². The first-order chi connectivity index (χ1) is 13.6. The molecule has 1 atom stereocenters. The number of urea groups is 1. The highest BCUT2D eigenvalue weighted by Crippen LogP contribution is 2.15. The van der Waals surface area contributed by atoms with Gasteiger partial charge in [-0.2, -0.15) is 11.3 Å². The van der Waals surface area contributed by atoms with Crippen molar-refractivity contribution in [3.8, 4) is 5.75 Å². The number of benzene rings is 1. The van der Waals surface area contributed by atoms with Crippen LogP contribution in [0.25, 0.3) is 0 Å². The molecule has 0 radical (unpaired) electrons. The van der Waals surface area contributed by atoms with Crippen LogP contribution in [0.1, 0.15) is 29.3 Å². The fraction of sp³-hybridized carbons (Fsp3) is 0.429. The van der Waals surface area contributed by atoms with Crippen LogP contribution in [-0.2, 0) is 6.42 Å². The van der Waals surface area contributed by atoms with E-state index < -0.39 is 0 Å². The van der Waals surface area contributed by atoms with Gasteiger partial charge in [0, 0.05) is 37.6 Å². The first-order valence-corrected chi connectivity index (χ1v) is 10.5. The molecule has 6 nitrogen and oxygen atoms in total. The number of carbonyl (C=O) groups excluding carboxylic acids is 2. The molecular formula is C21H27N3O3S. The van der Waals surface area contributed by atoms with E-state index in [0.29, 0.717) is 26.2 Å². The van der Waals surface area contributed by atoms with Gasteiger partial charge in [-0.05, 0) is 48.9 Å². The monoisotopic (exact) mass is 401 g/mol. The summed E-state index contributed by atoms with van der Waals surface area (Å²) >= 11 is 1.52. The van der Waals surface area contributed by atoms with Crippen LogP contribution in [-0.4, -0.2) is 61.1 Å². The van der Waals surface area contributed by atoms with E-state index in [4.69, 9.17) is 4.74 Å². The van der Waals surface area contributed by atoms with Crippen molar-refractivity contribution >= 4 is 23.3 Å². The van der Waals surface area contributed by atoms with Gasteiger partial charge in [0.2, 0.25) is 0 Å².